The Bertz CT molecular complexity index is 354. The van der Waals surface area contributed by atoms with Crippen molar-refractivity contribution in [3.05, 3.63) is 35.4 Å². The van der Waals surface area contributed by atoms with Crippen molar-refractivity contribution < 1.29 is 4.79 Å². The van der Waals surface area contributed by atoms with Crippen LogP contribution in [0.3, 0.4) is 0 Å². The summed E-state index contributed by atoms with van der Waals surface area (Å²) in [7, 11) is 0. The van der Waals surface area contributed by atoms with Crippen LogP contribution in [0.2, 0.25) is 0 Å². The molecular formula is C15H23NO. The molecule has 1 aliphatic heterocycles. The lowest BCUT2D eigenvalue weighted by molar-refractivity contribution is 0.101. The second-order valence-corrected chi connectivity index (χ2v) is 4.20. The predicted molar refractivity (Wildman–Crippen MR) is 72.3 cm³/mol. The van der Waals surface area contributed by atoms with Gasteiger partial charge in [0.2, 0.25) is 0 Å². The SMILES string of the molecule is CC.CC(=O)c1ccccc1CN1CCCC1. The van der Waals surface area contributed by atoms with E-state index in [9.17, 15) is 4.79 Å². The van der Waals surface area contributed by atoms with Gasteiger partial charge in [-0.15, -0.1) is 0 Å². The molecule has 0 aliphatic carbocycles. The van der Waals surface area contributed by atoms with Gasteiger partial charge >= 0.3 is 0 Å². The normalized spacial score (nSPS) is 15.2. The van der Waals surface area contributed by atoms with Crippen molar-refractivity contribution in [2.24, 2.45) is 0 Å². The molecule has 0 bridgehead atoms. The highest BCUT2D eigenvalue weighted by Crippen LogP contribution is 2.16. The standard InChI is InChI=1S/C13H17NO.C2H6/c1-11(15)13-7-3-2-6-12(13)10-14-8-4-5-9-14;1-2/h2-3,6-7H,4-5,8-10H2,1H3;1-2H3. The molecule has 1 aromatic rings. The first kappa shape index (κ1) is 13.9. The Balaban J connectivity index is 0.000000686. The molecule has 0 aromatic heterocycles. The molecule has 0 amide bonds. The van der Waals surface area contributed by atoms with Crippen molar-refractivity contribution in [3.8, 4) is 0 Å². The van der Waals surface area contributed by atoms with Crippen LogP contribution in [0.4, 0.5) is 0 Å². The number of carbonyl (C=O) groups is 1. The third-order valence-electron chi connectivity index (χ3n) is 2.99. The summed E-state index contributed by atoms with van der Waals surface area (Å²) in [4.78, 5) is 13.8. The maximum atomic E-state index is 11.4. The predicted octanol–water partition coefficient (Wildman–Crippen LogP) is 3.51. The second kappa shape index (κ2) is 7.23. The van der Waals surface area contributed by atoms with Crippen LogP contribution < -0.4 is 0 Å². The van der Waals surface area contributed by atoms with Crippen molar-refractivity contribution in [1.82, 2.24) is 4.90 Å². The Morgan fingerprint density at radius 1 is 1.18 bits per heavy atom. The Morgan fingerprint density at radius 3 is 2.35 bits per heavy atom. The van der Waals surface area contributed by atoms with Crippen molar-refractivity contribution >= 4 is 5.78 Å². The minimum absolute atomic E-state index is 0.171. The van der Waals surface area contributed by atoms with Gasteiger partial charge in [0.05, 0.1) is 0 Å². The van der Waals surface area contributed by atoms with Gasteiger partial charge in [0.15, 0.2) is 5.78 Å². The number of carbonyl (C=O) groups excluding carboxylic acids is 1. The molecular weight excluding hydrogens is 210 g/mol. The number of Topliss-reactive ketones (excluding diaryl/α,β-unsaturated/α-hetero) is 1. The lowest BCUT2D eigenvalue weighted by atomic mass is 10.0. The minimum atomic E-state index is 0.171. The van der Waals surface area contributed by atoms with Crippen LogP contribution in [-0.2, 0) is 6.54 Å². The van der Waals surface area contributed by atoms with Crippen LogP contribution in [0.15, 0.2) is 24.3 Å². The first-order chi connectivity index (χ1) is 8.27. The first-order valence-corrected chi connectivity index (χ1v) is 6.58. The molecule has 2 rings (SSSR count). The van der Waals surface area contributed by atoms with Gasteiger partial charge in [-0.05, 0) is 38.4 Å². The molecule has 1 heterocycles. The van der Waals surface area contributed by atoms with Crippen LogP contribution in [0.25, 0.3) is 0 Å². The monoisotopic (exact) mass is 233 g/mol. The number of hydrogen-bond donors (Lipinski definition) is 0. The van der Waals surface area contributed by atoms with Crippen LogP contribution >= 0.6 is 0 Å². The van der Waals surface area contributed by atoms with Crippen LogP contribution in [-0.4, -0.2) is 23.8 Å². The molecule has 1 aromatic carbocycles. The summed E-state index contributed by atoms with van der Waals surface area (Å²) >= 11 is 0. The van der Waals surface area contributed by atoms with Gasteiger partial charge in [0.25, 0.3) is 0 Å². The van der Waals surface area contributed by atoms with Gasteiger partial charge in [-0.25, -0.2) is 0 Å². The molecule has 0 spiro atoms. The average molecular weight is 233 g/mol. The van der Waals surface area contributed by atoms with Crippen LogP contribution in [0.5, 0.6) is 0 Å². The van der Waals surface area contributed by atoms with E-state index in [0.29, 0.717) is 0 Å². The van der Waals surface area contributed by atoms with Gasteiger partial charge in [0.1, 0.15) is 0 Å². The van der Waals surface area contributed by atoms with Crippen molar-refractivity contribution in [1.29, 1.82) is 0 Å². The van der Waals surface area contributed by atoms with Crippen molar-refractivity contribution in [2.45, 2.75) is 40.2 Å². The topological polar surface area (TPSA) is 20.3 Å². The van der Waals surface area contributed by atoms with Crippen LogP contribution in [0.1, 0.15) is 49.5 Å². The highest BCUT2D eigenvalue weighted by molar-refractivity contribution is 5.95. The van der Waals surface area contributed by atoms with Crippen molar-refractivity contribution in [2.75, 3.05) is 13.1 Å². The largest absolute Gasteiger partial charge is 0.299 e. The number of rotatable bonds is 3. The van der Waals surface area contributed by atoms with Gasteiger partial charge < -0.3 is 0 Å². The summed E-state index contributed by atoms with van der Waals surface area (Å²) < 4.78 is 0. The van der Waals surface area contributed by atoms with Gasteiger partial charge in [-0.3, -0.25) is 9.69 Å². The summed E-state index contributed by atoms with van der Waals surface area (Å²) in [5.74, 6) is 0.171. The summed E-state index contributed by atoms with van der Waals surface area (Å²) in [6.45, 7) is 8.91. The molecule has 0 radical (unpaired) electrons. The molecule has 1 saturated heterocycles. The summed E-state index contributed by atoms with van der Waals surface area (Å²) in [6.07, 6.45) is 2.59. The number of benzene rings is 1. The molecule has 2 heteroatoms. The quantitative estimate of drug-likeness (QED) is 0.745. The zero-order valence-electron chi connectivity index (χ0n) is 11.2. The fourth-order valence-electron chi connectivity index (χ4n) is 2.18. The Labute approximate surface area is 105 Å². The van der Waals surface area contributed by atoms with E-state index in [-0.39, 0.29) is 5.78 Å². The summed E-state index contributed by atoms with van der Waals surface area (Å²) in [6, 6.07) is 7.94. The van der Waals surface area contributed by atoms with E-state index in [0.717, 1.165) is 12.1 Å². The Morgan fingerprint density at radius 2 is 1.76 bits per heavy atom. The lowest BCUT2D eigenvalue weighted by Gasteiger charge is -2.16. The highest BCUT2D eigenvalue weighted by Gasteiger charge is 2.14. The lowest BCUT2D eigenvalue weighted by Crippen LogP contribution is -2.19. The maximum absolute atomic E-state index is 11.4. The second-order valence-electron chi connectivity index (χ2n) is 4.20. The van der Waals surface area contributed by atoms with Gasteiger partial charge in [-0.1, -0.05) is 38.1 Å². The molecule has 1 fully saturated rings. The van der Waals surface area contributed by atoms with E-state index < -0.39 is 0 Å². The van der Waals surface area contributed by atoms with Crippen molar-refractivity contribution in [3.63, 3.8) is 0 Å². The Kier molecular flexibility index (Phi) is 5.92. The number of likely N-dealkylation sites (tertiary alicyclic amines) is 1. The average Bonchev–Trinajstić information content (AvgIpc) is 2.85. The maximum Gasteiger partial charge on any atom is 0.160 e. The summed E-state index contributed by atoms with van der Waals surface area (Å²) in [5.41, 5.74) is 2.05. The Hall–Kier alpha value is -1.15. The highest BCUT2D eigenvalue weighted by atomic mass is 16.1. The minimum Gasteiger partial charge on any atom is -0.299 e. The zero-order chi connectivity index (χ0) is 12.7. The van der Waals surface area contributed by atoms with E-state index in [2.05, 4.69) is 11.0 Å². The van der Waals surface area contributed by atoms with E-state index in [1.54, 1.807) is 6.92 Å². The molecule has 0 unspecified atom stereocenters. The molecule has 0 saturated carbocycles. The smallest absolute Gasteiger partial charge is 0.160 e. The van der Waals surface area contributed by atoms with Gasteiger partial charge in [0, 0.05) is 12.1 Å². The van der Waals surface area contributed by atoms with Crippen LogP contribution in [0, 0.1) is 0 Å². The van der Waals surface area contributed by atoms with E-state index in [4.69, 9.17) is 0 Å². The number of nitrogens with zero attached hydrogens (tertiary/aromatic N) is 1. The molecule has 17 heavy (non-hydrogen) atoms. The third-order valence-corrected chi connectivity index (χ3v) is 2.99. The molecule has 1 aliphatic rings. The van der Waals surface area contributed by atoms with E-state index in [1.165, 1.54) is 31.5 Å². The number of hydrogen-bond acceptors (Lipinski definition) is 2. The third kappa shape index (κ3) is 3.97. The summed E-state index contributed by atoms with van der Waals surface area (Å²) in [5, 5.41) is 0. The molecule has 0 N–H and O–H groups in total. The van der Waals surface area contributed by atoms with E-state index in [1.807, 2.05) is 32.0 Å². The molecule has 2 nitrogen and oxygen atoms in total. The molecule has 94 valence electrons. The number of ketones is 1. The first-order valence-electron chi connectivity index (χ1n) is 6.58. The van der Waals surface area contributed by atoms with E-state index >= 15 is 0 Å². The fourth-order valence-corrected chi connectivity index (χ4v) is 2.18. The zero-order valence-corrected chi connectivity index (χ0v) is 11.2. The molecule has 0 atom stereocenters. The van der Waals surface area contributed by atoms with Gasteiger partial charge in [-0.2, -0.15) is 0 Å². The fraction of sp³-hybridized carbons (Fsp3) is 0.533.